The molecule has 16 heavy (non-hydrogen) atoms. The van der Waals surface area contributed by atoms with Crippen molar-refractivity contribution in [1.29, 1.82) is 0 Å². The molecule has 1 atom stereocenters. The first-order valence-electron chi connectivity index (χ1n) is 5.26. The smallest absolute Gasteiger partial charge is 0.237 e. The van der Waals surface area contributed by atoms with Crippen molar-refractivity contribution >= 4 is 33.2 Å². The maximum absolute atomic E-state index is 11.6. The standard InChI is InChI=1S/C11H17BrN2OS/c1-7(2)5-9(13)11(15)14-6-8-3-4-10(12)16-8/h3-4,7,9H,5-6,13H2,1-2H3,(H,14,15). The first-order valence-corrected chi connectivity index (χ1v) is 6.87. The third kappa shape index (κ3) is 4.63. The molecule has 1 aromatic rings. The number of carbonyl (C=O) groups excluding carboxylic acids is 1. The summed E-state index contributed by atoms with van der Waals surface area (Å²) >= 11 is 5.00. The van der Waals surface area contributed by atoms with Crippen molar-refractivity contribution in [2.75, 3.05) is 0 Å². The van der Waals surface area contributed by atoms with Crippen LogP contribution in [0.2, 0.25) is 0 Å². The van der Waals surface area contributed by atoms with Gasteiger partial charge in [0.15, 0.2) is 0 Å². The summed E-state index contributed by atoms with van der Waals surface area (Å²) in [6.07, 6.45) is 0.722. The first kappa shape index (κ1) is 13.7. The van der Waals surface area contributed by atoms with Gasteiger partial charge in [-0.3, -0.25) is 4.79 Å². The van der Waals surface area contributed by atoms with Crippen molar-refractivity contribution in [2.24, 2.45) is 11.7 Å². The summed E-state index contributed by atoms with van der Waals surface area (Å²) < 4.78 is 1.07. The minimum atomic E-state index is -0.400. The third-order valence-electron chi connectivity index (χ3n) is 2.13. The van der Waals surface area contributed by atoms with Crippen molar-refractivity contribution in [3.63, 3.8) is 0 Å². The van der Waals surface area contributed by atoms with Gasteiger partial charge in [0.2, 0.25) is 5.91 Å². The molecule has 1 amide bonds. The van der Waals surface area contributed by atoms with Crippen LogP contribution < -0.4 is 11.1 Å². The van der Waals surface area contributed by atoms with Crippen molar-refractivity contribution in [2.45, 2.75) is 32.9 Å². The van der Waals surface area contributed by atoms with Crippen LogP contribution in [0.1, 0.15) is 25.1 Å². The predicted octanol–water partition coefficient (Wildman–Crippen LogP) is 2.50. The number of rotatable bonds is 5. The highest BCUT2D eigenvalue weighted by Crippen LogP contribution is 2.21. The molecular weight excluding hydrogens is 288 g/mol. The summed E-state index contributed by atoms with van der Waals surface area (Å²) in [5, 5.41) is 2.84. The molecule has 90 valence electrons. The number of carbonyl (C=O) groups is 1. The van der Waals surface area contributed by atoms with Gasteiger partial charge in [0.1, 0.15) is 0 Å². The lowest BCUT2D eigenvalue weighted by molar-refractivity contribution is -0.122. The number of halogens is 1. The Morgan fingerprint density at radius 3 is 2.75 bits per heavy atom. The summed E-state index contributed by atoms with van der Waals surface area (Å²) in [6, 6.07) is 3.56. The SMILES string of the molecule is CC(C)CC(N)C(=O)NCc1ccc(Br)s1. The second-order valence-corrected chi connectivity index (χ2v) is 6.71. The Hall–Kier alpha value is -0.390. The van der Waals surface area contributed by atoms with Gasteiger partial charge in [-0.15, -0.1) is 11.3 Å². The molecule has 1 unspecified atom stereocenters. The largest absolute Gasteiger partial charge is 0.350 e. The Labute approximate surface area is 109 Å². The van der Waals surface area contributed by atoms with E-state index in [1.807, 2.05) is 12.1 Å². The Morgan fingerprint density at radius 2 is 2.25 bits per heavy atom. The van der Waals surface area contributed by atoms with E-state index >= 15 is 0 Å². The van der Waals surface area contributed by atoms with Crippen LogP contribution in [0.15, 0.2) is 15.9 Å². The minimum absolute atomic E-state index is 0.0711. The topological polar surface area (TPSA) is 55.1 Å². The molecule has 1 heterocycles. The zero-order valence-corrected chi connectivity index (χ0v) is 11.9. The molecule has 0 aromatic carbocycles. The first-order chi connectivity index (χ1) is 7.49. The number of amides is 1. The van der Waals surface area contributed by atoms with Crippen molar-refractivity contribution in [3.8, 4) is 0 Å². The third-order valence-corrected chi connectivity index (χ3v) is 3.75. The van der Waals surface area contributed by atoms with Crippen molar-refractivity contribution in [1.82, 2.24) is 5.32 Å². The van der Waals surface area contributed by atoms with Crippen molar-refractivity contribution in [3.05, 3.63) is 20.8 Å². The highest BCUT2D eigenvalue weighted by Gasteiger charge is 2.14. The van der Waals surface area contributed by atoms with Crippen LogP contribution in [0, 0.1) is 5.92 Å². The summed E-state index contributed by atoms with van der Waals surface area (Å²) in [5.41, 5.74) is 5.77. The lowest BCUT2D eigenvalue weighted by Gasteiger charge is -2.13. The molecule has 0 saturated carbocycles. The zero-order chi connectivity index (χ0) is 12.1. The molecular formula is C11H17BrN2OS. The van der Waals surface area contributed by atoms with E-state index in [4.69, 9.17) is 5.73 Å². The predicted molar refractivity (Wildman–Crippen MR) is 71.3 cm³/mol. The Kier molecular flexibility index (Phi) is 5.44. The van der Waals surface area contributed by atoms with Gasteiger partial charge in [0.25, 0.3) is 0 Å². The number of nitrogens with one attached hydrogen (secondary N) is 1. The molecule has 0 radical (unpaired) electrons. The van der Waals surface area contributed by atoms with Crippen LogP contribution >= 0.6 is 27.3 Å². The number of nitrogens with two attached hydrogens (primary N) is 1. The summed E-state index contributed by atoms with van der Waals surface area (Å²) in [7, 11) is 0. The molecule has 5 heteroatoms. The second-order valence-electron chi connectivity index (χ2n) is 4.16. The van der Waals surface area contributed by atoms with Crippen LogP contribution in [0.5, 0.6) is 0 Å². The average Bonchev–Trinajstić information content (AvgIpc) is 2.59. The highest BCUT2D eigenvalue weighted by molar-refractivity contribution is 9.11. The zero-order valence-electron chi connectivity index (χ0n) is 9.50. The average molecular weight is 305 g/mol. The van der Waals surface area contributed by atoms with Gasteiger partial charge in [0, 0.05) is 4.88 Å². The van der Waals surface area contributed by atoms with Gasteiger partial charge < -0.3 is 11.1 Å². The maximum Gasteiger partial charge on any atom is 0.237 e. The summed E-state index contributed by atoms with van der Waals surface area (Å²) in [5.74, 6) is 0.370. The van der Waals surface area contributed by atoms with E-state index in [0.29, 0.717) is 12.5 Å². The summed E-state index contributed by atoms with van der Waals surface area (Å²) in [6.45, 7) is 4.67. The monoisotopic (exact) mass is 304 g/mol. The summed E-state index contributed by atoms with van der Waals surface area (Å²) in [4.78, 5) is 12.7. The van der Waals surface area contributed by atoms with E-state index in [1.54, 1.807) is 11.3 Å². The Balaban J connectivity index is 2.35. The van der Waals surface area contributed by atoms with Gasteiger partial charge >= 0.3 is 0 Å². The molecule has 3 nitrogen and oxygen atoms in total. The van der Waals surface area contributed by atoms with Crippen LogP contribution in [0.3, 0.4) is 0 Å². The number of hydrogen-bond acceptors (Lipinski definition) is 3. The molecule has 0 saturated heterocycles. The van der Waals surface area contributed by atoms with Gasteiger partial charge in [0.05, 0.1) is 16.4 Å². The van der Waals surface area contributed by atoms with E-state index in [0.717, 1.165) is 15.1 Å². The van der Waals surface area contributed by atoms with E-state index in [-0.39, 0.29) is 5.91 Å². The van der Waals surface area contributed by atoms with Crippen molar-refractivity contribution < 1.29 is 4.79 Å². The van der Waals surface area contributed by atoms with Gasteiger partial charge in [-0.25, -0.2) is 0 Å². The Morgan fingerprint density at radius 1 is 1.56 bits per heavy atom. The van der Waals surface area contributed by atoms with Gasteiger partial charge in [-0.2, -0.15) is 0 Å². The van der Waals surface area contributed by atoms with Gasteiger partial charge in [-0.05, 0) is 40.4 Å². The normalized spacial score (nSPS) is 12.8. The van der Waals surface area contributed by atoms with E-state index in [1.165, 1.54) is 0 Å². The Bertz CT molecular complexity index is 352. The lowest BCUT2D eigenvalue weighted by atomic mass is 10.0. The van der Waals surface area contributed by atoms with Crippen LogP contribution in [-0.4, -0.2) is 11.9 Å². The molecule has 0 aliphatic carbocycles. The molecule has 1 aromatic heterocycles. The minimum Gasteiger partial charge on any atom is -0.350 e. The van der Waals surface area contributed by atoms with E-state index in [2.05, 4.69) is 35.1 Å². The van der Waals surface area contributed by atoms with Crippen LogP contribution in [0.25, 0.3) is 0 Å². The fourth-order valence-corrected chi connectivity index (χ4v) is 2.79. The molecule has 1 rings (SSSR count). The maximum atomic E-state index is 11.6. The van der Waals surface area contributed by atoms with E-state index < -0.39 is 6.04 Å². The van der Waals surface area contributed by atoms with Crippen LogP contribution in [-0.2, 0) is 11.3 Å². The number of hydrogen-bond donors (Lipinski definition) is 2. The van der Waals surface area contributed by atoms with E-state index in [9.17, 15) is 4.79 Å². The number of thiophene rings is 1. The second kappa shape index (κ2) is 6.37. The van der Waals surface area contributed by atoms with Crippen LogP contribution in [0.4, 0.5) is 0 Å². The highest BCUT2D eigenvalue weighted by atomic mass is 79.9. The lowest BCUT2D eigenvalue weighted by Crippen LogP contribution is -2.40. The fourth-order valence-electron chi connectivity index (χ4n) is 1.37. The molecule has 0 aliphatic rings. The fraction of sp³-hybridized carbons (Fsp3) is 0.545. The molecule has 0 aliphatic heterocycles. The molecule has 3 N–H and O–H groups in total. The van der Waals surface area contributed by atoms with Gasteiger partial charge in [-0.1, -0.05) is 13.8 Å². The quantitative estimate of drug-likeness (QED) is 0.878. The molecule has 0 bridgehead atoms. The molecule has 0 spiro atoms. The molecule has 0 fully saturated rings.